The molecule has 2 atom stereocenters. The molecule has 102 valence electrons. The maximum atomic E-state index is 10.1. The smallest absolute Gasteiger partial charge is 0.128 e. The van der Waals surface area contributed by atoms with Gasteiger partial charge >= 0.3 is 0 Å². The van der Waals surface area contributed by atoms with Crippen LogP contribution in [0.4, 0.5) is 0 Å². The normalized spacial score (nSPS) is 14.3. The summed E-state index contributed by atoms with van der Waals surface area (Å²) in [5, 5.41) is 10.1. The second-order valence-electron chi connectivity index (χ2n) is 4.48. The molecule has 1 heterocycles. The van der Waals surface area contributed by atoms with Gasteiger partial charge in [-0.2, -0.15) is 0 Å². The zero-order valence-corrected chi connectivity index (χ0v) is 11.9. The average molecular weight is 253 g/mol. The molecule has 0 radical (unpaired) electrons. The van der Waals surface area contributed by atoms with Gasteiger partial charge in [-0.05, 0) is 27.7 Å². The van der Waals surface area contributed by atoms with Gasteiger partial charge in [0, 0.05) is 36.0 Å². The van der Waals surface area contributed by atoms with E-state index in [0.29, 0.717) is 13.0 Å². The highest BCUT2D eigenvalue weighted by Gasteiger charge is 2.18. The van der Waals surface area contributed by atoms with Gasteiger partial charge in [-0.1, -0.05) is 0 Å². The van der Waals surface area contributed by atoms with Gasteiger partial charge in [-0.15, -0.1) is 0 Å². The van der Waals surface area contributed by atoms with E-state index in [1.165, 1.54) is 0 Å². The summed E-state index contributed by atoms with van der Waals surface area (Å²) < 4.78 is 10.7. The molecule has 0 bridgehead atoms. The summed E-state index contributed by atoms with van der Waals surface area (Å²) in [4.78, 5) is 4.37. The molecule has 0 spiro atoms. The maximum Gasteiger partial charge on any atom is 0.128 e. The number of hydrogen-bond acceptors (Lipinski definition) is 4. The number of aryl methyl sites for hydroxylation is 1. The number of pyridine rings is 1. The van der Waals surface area contributed by atoms with Gasteiger partial charge in [-0.25, -0.2) is 0 Å². The molecule has 0 fully saturated rings. The maximum absolute atomic E-state index is 10.1. The average Bonchev–Trinajstić information content (AvgIpc) is 2.33. The fraction of sp³-hybridized carbons (Fsp3) is 0.643. The van der Waals surface area contributed by atoms with E-state index >= 15 is 0 Å². The molecule has 1 rings (SSSR count). The molecule has 0 saturated heterocycles. The Labute approximate surface area is 109 Å². The van der Waals surface area contributed by atoms with E-state index in [-0.39, 0.29) is 6.10 Å². The first kappa shape index (κ1) is 14.9. The summed E-state index contributed by atoms with van der Waals surface area (Å²) in [5.41, 5.74) is 2.85. The lowest BCUT2D eigenvalue weighted by molar-refractivity contribution is -0.0212. The lowest BCUT2D eigenvalue weighted by atomic mass is 10.0. The third-order valence-corrected chi connectivity index (χ3v) is 3.12. The Balaban J connectivity index is 2.85. The Morgan fingerprint density at radius 2 is 2.06 bits per heavy atom. The van der Waals surface area contributed by atoms with Crippen LogP contribution >= 0.6 is 0 Å². The van der Waals surface area contributed by atoms with Gasteiger partial charge in [0.25, 0.3) is 0 Å². The van der Waals surface area contributed by atoms with Crippen LogP contribution in [0.15, 0.2) is 6.20 Å². The minimum atomic E-state index is -0.552. The molecule has 18 heavy (non-hydrogen) atoms. The number of aliphatic hydroxyl groups is 1. The molecule has 1 N–H and O–H groups in total. The number of ether oxygens (including phenoxy) is 2. The molecule has 2 unspecified atom stereocenters. The molecule has 0 aliphatic heterocycles. The summed E-state index contributed by atoms with van der Waals surface area (Å²) in [5.74, 6) is 0.844. The van der Waals surface area contributed by atoms with E-state index in [0.717, 1.165) is 22.6 Å². The second-order valence-corrected chi connectivity index (χ2v) is 4.48. The van der Waals surface area contributed by atoms with Crippen LogP contribution in [0, 0.1) is 13.8 Å². The zero-order chi connectivity index (χ0) is 13.7. The monoisotopic (exact) mass is 253 g/mol. The summed E-state index contributed by atoms with van der Waals surface area (Å²) in [7, 11) is 1.65. The highest BCUT2D eigenvalue weighted by Crippen LogP contribution is 2.25. The Kier molecular flexibility index (Phi) is 5.56. The van der Waals surface area contributed by atoms with E-state index < -0.39 is 6.10 Å². The van der Waals surface area contributed by atoms with Crippen LogP contribution in [-0.2, 0) is 11.2 Å². The van der Waals surface area contributed by atoms with Crippen molar-refractivity contribution in [1.82, 2.24) is 4.98 Å². The van der Waals surface area contributed by atoms with Crippen molar-refractivity contribution in [3.63, 3.8) is 0 Å². The Bertz CT molecular complexity index is 393. The molecule has 0 amide bonds. The first-order valence-electron chi connectivity index (χ1n) is 6.30. The van der Waals surface area contributed by atoms with Gasteiger partial charge in [-0.3, -0.25) is 4.98 Å². The van der Waals surface area contributed by atoms with Crippen molar-refractivity contribution in [2.24, 2.45) is 0 Å². The molecule has 1 aromatic rings. The van der Waals surface area contributed by atoms with Crippen LogP contribution in [0.5, 0.6) is 5.75 Å². The van der Waals surface area contributed by atoms with Gasteiger partial charge in [0.15, 0.2) is 0 Å². The molecule has 0 saturated carbocycles. The summed E-state index contributed by atoms with van der Waals surface area (Å²) >= 11 is 0. The van der Waals surface area contributed by atoms with Crippen molar-refractivity contribution in [2.75, 3.05) is 13.7 Å². The number of aromatic nitrogens is 1. The van der Waals surface area contributed by atoms with Crippen LogP contribution in [0.1, 0.15) is 30.7 Å². The van der Waals surface area contributed by atoms with E-state index in [9.17, 15) is 5.11 Å². The van der Waals surface area contributed by atoms with E-state index in [1.54, 1.807) is 13.3 Å². The predicted molar refractivity (Wildman–Crippen MR) is 71.1 cm³/mol. The van der Waals surface area contributed by atoms with E-state index in [4.69, 9.17) is 9.47 Å². The van der Waals surface area contributed by atoms with Gasteiger partial charge in [0.05, 0.1) is 19.3 Å². The molecular formula is C14H23NO3. The van der Waals surface area contributed by atoms with E-state index in [1.807, 2.05) is 27.7 Å². The molecule has 0 aliphatic carbocycles. The highest BCUT2D eigenvalue weighted by atomic mass is 16.5. The van der Waals surface area contributed by atoms with Crippen LogP contribution < -0.4 is 4.74 Å². The van der Waals surface area contributed by atoms with Crippen LogP contribution in [0.3, 0.4) is 0 Å². The molecule has 0 aliphatic rings. The summed E-state index contributed by atoms with van der Waals surface area (Å²) in [6.07, 6.45) is 1.51. The minimum absolute atomic E-state index is 0.191. The zero-order valence-electron chi connectivity index (χ0n) is 11.9. The first-order chi connectivity index (χ1) is 8.51. The van der Waals surface area contributed by atoms with Crippen LogP contribution in [-0.4, -0.2) is 36.0 Å². The molecule has 1 aromatic heterocycles. The van der Waals surface area contributed by atoms with Crippen molar-refractivity contribution >= 4 is 0 Å². The number of methoxy groups -OCH3 is 1. The SMILES string of the molecule is CCOC(C)C(O)Cc1ncc(C)c(OC)c1C. The van der Waals surface area contributed by atoms with Gasteiger partial charge in [0.2, 0.25) is 0 Å². The Morgan fingerprint density at radius 3 is 2.61 bits per heavy atom. The molecule has 0 aromatic carbocycles. The largest absolute Gasteiger partial charge is 0.496 e. The van der Waals surface area contributed by atoms with Gasteiger partial charge in [0.1, 0.15) is 5.75 Å². The number of nitrogens with zero attached hydrogens (tertiary/aromatic N) is 1. The Morgan fingerprint density at radius 1 is 1.39 bits per heavy atom. The standard InChI is InChI=1S/C14H23NO3/c1-6-18-11(4)13(16)7-12-10(3)14(17-5)9(2)8-15-12/h8,11,13,16H,6-7H2,1-5H3. The quantitative estimate of drug-likeness (QED) is 0.843. The summed E-state index contributed by atoms with van der Waals surface area (Å²) in [6.45, 7) is 8.31. The topological polar surface area (TPSA) is 51.6 Å². The van der Waals surface area contributed by atoms with Gasteiger partial charge < -0.3 is 14.6 Å². The number of rotatable bonds is 6. The lowest BCUT2D eigenvalue weighted by Gasteiger charge is -2.20. The van der Waals surface area contributed by atoms with E-state index in [2.05, 4.69) is 4.98 Å². The first-order valence-corrected chi connectivity index (χ1v) is 6.30. The second kappa shape index (κ2) is 6.71. The van der Waals surface area contributed by atoms with Crippen molar-refractivity contribution in [1.29, 1.82) is 0 Å². The minimum Gasteiger partial charge on any atom is -0.496 e. The molecular weight excluding hydrogens is 230 g/mol. The number of hydrogen-bond donors (Lipinski definition) is 1. The lowest BCUT2D eigenvalue weighted by Crippen LogP contribution is -2.28. The molecule has 4 heteroatoms. The van der Waals surface area contributed by atoms with Crippen molar-refractivity contribution < 1.29 is 14.6 Å². The summed E-state index contributed by atoms with van der Waals surface area (Å²) in [6, 6.07) is 0. The van der Waals surface area contributed by atoms with Crippen molar-refractivity contribution in [3.8, 4) is 5.75 Å². The third-order valence-electron chi connectivity index (χ3n) is 3.12. The van der Waals surface area contributed by atoms with Crippen molar-refractivity contribution in [3.05, 3.63) is 23.0 Å². The molecule has 4 nitrogen and oxygen atoms in total. The van der Waals surface area contributed by atoms with Crippen molar-refractivity contribution in [2.45, 2.75) is 46.3 Å². The van der Waals surface area contributed by atoms with Crippen LogP contribution in [0.25, 0.3) is 0 Å². The third kappa shape index (κ3) is 3.43. The Hall–Kier alpha value is -1.13. The highest BCUT2D eigenvalue weighted by molar-refractivity contribution is 5.41. The van der Waals surface area contributed by atoms with Crippen LogP contribution in [0.2, 0.25) is 0 Å². The fourth-order valence-electron chi connectivity index (χ4n) is 2.01. The fourth-order valence-corrected chi connectivity index (χ4v) is 2.01. The predicted octanol–water partition coefficient (Wildman–Crippen LogP) is 2.04. The number of aliphatic hydroxyl groups excluding tert-OH is 1.